The number of nitrogen functional groups attached to an aromatic ring is 1. The van der Waals surface area contributed by atoms with Crippen LogP contribution in [0.15, 0.2) is 24.3 Å². The minimum Gasteiger partial charge on any atom is -0.481 e. The van der Waals surface area contributed by atoms with Gasteiger partial charge in [0.25, 0.3) is 5.91 Å². The Morgan fingerprint density at radius 3 is 2.47 bits per heavy atom. The van der Waals surface area contributed by atoms with Crippen LogP contribution in [0.4, 0.5) is 5.69 Å². The van der Waals surface area contributed by atoms with Crippen molar-refractivity contribution in [3.05, 3.63) is 29.8 Å². The van der Waals surface area contributed by atoms with Crippen LogP contribution in [-0.4, -0.2) is 23.5 Å². The zero-order valence-electron chi connectivity index (χ0n) is 9.64. The topological polar surface area (TPSA) is 92.4 Å². The van der Waals surface area contributed by atoms with E-state index >= 15 is 0 Å². The first-order valence-electron chi connectivity index (χ1n) is 5.37. The summed E-state index contributed by atoms with van der Waals surface area (Å²) in [7, 11) is 0. The number of amides is 1. The van der Waals surface area contributed by atoms with Crippen molar-refractivity contribution >= 4 is 17.6 Å². The summed E-state index contributed by atoms with van der Waals surface area (Å²) in [5.41, 5.74) is 6.62. The van der Waals surface area contributed by atoms with Crippen LogP contribution in [0.5, 0.6) is 0 Å². The van der Waals surface area contributed by atoms with E-state index in [4.69, 9.17) is 10.8 Å². The molecule has 0 saturated carbocycles. The zero-order valence-corrected chi connectivity index (χ0v) is 9.64. The number of aliphatic carboxylic acids is 1. The van der Waals surface area contributed by atoms with Gasteiger partial charge < -0.3 is 16.2 Å². The van der Waals surface area contributed by atoms with E-state index in [0.29, 0.717) is 24.2 Å². The molecule has 4 N–H and O–H groups in total. The molecule has 1 amide bonds. The third-order valence-corrected chi connectivity index (χ3v) is 2.46. The highest BCUT2D eigenvalue weighted by Crippen LogP contribution is 2.05. The molecule has 0 bridgehead atoms. The highest BCUT2D eigenvalue weighted by molar-refractivity contribution is 5.94. The average Bonchev–Trinajstić information content (AvgIpc) is 2.29. The summed E-state index contributed by atoms with van der Waals surface area (Å²) in [5, 5.41) is 11.3. The van der Waals surface area contributed by atoms with Crippen molar-refractivity contribution in [3.63, 3.8) is 0 Å². The van der Waals surface area contributed by atoms with Crippen molar-refractivity contribution in [2.75, 3.05) is 12.3 Å². The van der Waals surface area contributed by atoms with Crippen molar-refractivity contribution < 1.29 is 14.7 Å². The standard InChI is InChI=1S/C12H16N2O3/c1-8(12(16)17)6-7-14-11(15)9-2-4-10(13)5-3-9/h2-5,8H,6-7,13H2,1H3,(H,14,15)(H,16,17). The number of nitrogens with one attached hydrogen (secondary N) is 1. The number of carbonyl (C=O) groups is 2. The normalized spacial score (nSPS) is 11.8. The lowest BCUT2D eigenvalue weighted by atomic mass is 10.1. The minimum atomic E-state index is -0.855. The predicted octanol–water partition coefficient (Wildman–Crippen LogP) is 1.11. The van der Waals surface area contributed by atoms with Gasteiger partial charge in [0.15, 0.2) is 0 Å². The molecule has 0 aliphatic carbocycles. The molecule has 0 aromatic heterocycles. The Kier molecular flexibility index (Phi) is 4.51. The van der Waals surface area contributed by atoms with Crippen molar-refractivity contribution in [2.45, 2.75) is 13.3 Å². The summed E-state index contributed by atoms with van der Waals surface area (Å²) in [6, 6.07) is 6.56. The average molecular weight is 236 g/mol. The summed E-state index contributed by atoms with van der Waals surface area (Å²) in [6.07, 6.45) is 0.413. The Hall–Kier alpha value is -2.04. The van der Waals surface area contributed by atoms with Gasteiger partial charge in [0.2, 0.25) is 0 Å². The SMILES string of the molecule is CC(CCNC(=O)c1ccc(N)cc1)C(=O)O. The molecule has 0 fully saturated rings. The van der Waals surface area contributed by atoms with Crippen LogP contribution in [0.2, 0.25) is 0 Å². The number of nitrogens with two attached hydrogens (primary N) is 1. The fourth-order valence-corrected chi connectivity index (χ4v) is 1.26. The fourth-order valence-electron chi connectivity index (χ4n) is 1.26. The van der Waals surface area contributed by atoms with Gasteiger partial charge in [-0.1, -0.05) is 6.92 Å². The molecule has 1 aromatic carbocycles. The molecule has 0 heterocycles. The lowest BCUT2D eigenvalue weighted by Gasteiger charge is -2.08. The van der Waals surface area contributed by atoms with Crippen LogP contribution in [0.25, 0.3) is 0 Å². The van der Waals surface area contributed by atoms with E-state index in [-0.39, 0.29) is 5.91 Å². The molecule has 0 spiro atoms. The maximum absolute atomic E-state index is 11.6. The van der Waals surface area contributed by atoms with E-state index in [2.05, 4.69) is 5.32 Å². The number of rotatable bonds is 5. The zero-order chi connectivity index (χ0) is 12.8. The summed E-state index contributed by atoms with van der Waals surface area (Å²) in [4.78, 5) is 22.2. The number of carbonyl (C=O) groups excluding carboxylic acids is 1. The lowest BCUT2D eigenvalue weighted by molar-refractivity contribution is -0.141. The highest BCUT2D eigenvalue weighted by Gasteiger charge is 2.11. The second-order valence-electron chi connectivity index (χ2n) is 3.91. The third kappa shape index (κ3) is 4.14. The summed E-state index contributed by atoms with van der Waals surface area (Å²) in [5.74, 6) is -1.53. The van der Waals surface area contributed by atoms with Gasteiger partial charge in [-0.2, -0.15) is 0 Å². The van der Waals surface area contributed by atoms with Crippen molar-refractivity contribution in [3.8, 4) is 0 Å². The monoisotopic (exact) mass is 236 g/mol. The molecule has 0 aliphatic rings. The fraction of sp³-hybridized carbons (Fsp3) is 0.333. The Bertz CT molecular complexity index is 401. The van der Waals surface area contributed by atoms with Crippen molar-refractivity contribution in [1.29, 1.82) is 0 Å². The first-order chi connectivity index (χ1) is 8.00. The molecule has 1 unspecified atom stereocenters. The van der Waals surface area contributed by atoms with Gasteiger partial charge in [-0.3, -0.25) is 9.59 Å². The van der Waals surface area contributed by atoms with E-state index in [1.54, 1.807) is 31.2 Å². The van der Waals surface area contributed by atoms with Crippen LogP contribution < -0.4 is 11.1 Å². The Morgan fingerprint density at radius 2 is 1.94 bits per heavy atom. The van der Waals surface area contributed by atoms with Gasteiger partial charge in [-0.25, -0.2) is 0 Å². The van der Waals surface area contributed by atoms with E-state index in [1.807, 2.05) is 0 Å². The van der Waals surface area contributed by atoms with Crippen LogP contribution >= 0.6 is 0 Å². The highest BCUT2D eigenvalue weighted by atomic mass is 16.4. The number of carboxylic acid groups (broad SMARTS) is 1. The molecular weight excluding hydrogens is 220 g/mol. The number of benzene rings is 1. The molecular formula is C12H16N2O3. The van der Waals surface area contributed by atoms with Gasteiger partial charge >= 0.3 is 5.97 Å². The lowest BCUT2D eigenvalue weighted by Crippen LogP contribution is -2.26. The summed E-state index contributed by atoms with van der Waals surface area (Å²) < 4.78 is 0. The summed E-state index contributed by atoms with van der Waals surface area (Å²) in [6.45, 7) is 1.95. The van der Waals surface area contributed by atoms with E-state index in [1.165, 1.54) is 0 Å². The van der Waals surface area contributed by atoms with Crippen LogP contribution in [-0.2, 0) is 4.79 Å². The molecule has 0 saturated heterocycles. The number of hydrogen-bond acceptors (Lipinski definition) is 3. The van der Waals surface area contributed by atoms with Crippen LogP contribution in [0, 0.1) is 5.92 Å². The second kappa shape index (κ2) is 5.89. The molecule has 1 rings (SSSR count). The van der Waals surface area contributed by atoms with Crippen molar-refractivity contribution in [2.24, 2.45) is 5.92 Å². The first-order valence-corrected chi connectivity index (χ1v) is 5.37. The van der Waals surface area contributed by atoms with Crippen molar-refractivity contribution in [1.82, 2.24) is 5.32 Å². The van der Waals surface area contributed by atoms with Gasteiger partial charge in [-0.15, -0.1) is 0 Å². The van der Waals surface area contributed by atoms with Crippen LogP contribution in [0.3, 0.4) is 0 Å². The molecule has 1 aromatic rings. The van der Waals surface area contributed by atoms with Gasteiger partial charge in [0, 0.05) is 17.8 Å². The largest absolute Gasteiger partial charge is 0.481 e. The number of carboxylic acids is 1. The quantitative estimate of drug-likeness (QED) is 0.668. The Balaban J connectivity index is 2.40. The maximum atomic E-state index is 11.6. The van der Waals surface area contributed by atoms with Gasteiger partial charge in [0.05, 0.1) is 5.92 Å². The van der Waals surface area contributed by atoms with Gasteiger partial charge in [-0.05, 0) is 30.7 Å². The number of hydrogen-bond donors (Lipinski definition) is 3. The molecule has 5 nitrogen and oxygen atoms in total. The molecule has 17 heavy (non-hydrogen) atoms. The molecule has 0 aliphatic heterocycles. The molecule has 92 valence electrons. The molecule has 5 heteroatoms. The number of anilines is 1. The van der Waals surface area contributed by atoms with E-state index < -0.39 is 11.9 Å². The summed E-state index contributed by atoms with van der Waals surface area (Å²) >= 11 is 0. The first kappa shape index (κ1) is 13.0. The second-order valence-corrected chi connectivity index (χ2v) is 3.91. The smallest absolute Gasteiger partial charge is 0.306 e. The van der Waals surface area contributed by atoms with E-state index in [9.17, 15) is 9.59 Å². The predicted molar refractivity (Wildman–Crippen MR) is 64.6 cm³/mol. The van der Waals surface area contributed by atoms with Crippen LogP contribution in [0.1, 0.15) is 23.7 Å². The third-order valence-electron chi connectivity index (χ3n) is 2.46. The molecule has 1 atom stereocenters. The Morgan fingerprint density at radius 1 is 1.35 bits per heavy atom. The molecule has 0 radical (unpaired) electrons. The maximum Gasteiger partial charge on any atom is 0.306 e. The van der Waals surface area contributed by atoms with Gasteiger partial charge in [0.1, 0.15) is 0 Å². The van der Waals surface area contributed by atoms with E-state index in [0.717, 1.165) is 0 Å². The minimum absolute atomic E-state index is 0.220. The Labute approximate surface area is 99.6 Å².